The van der Waals surface area contributed by atoms with E-state index < -0.39 is 0 Å². The first-order valence-corrected chi connectivity index (χ1v) is 6.83. The van der Waals surface area contributed by atoms with Crippen LogP contribution in [-0.4, -0.2) is 16.0 Å². The highest BCUT2D eigenvalue weighted by Gasteiger charge is 2.10. The molecule has 4 nitrogen and oxygen atoms in total. The first-order valence-electron chi connectivity index (χ1n) is 5.64. The summed E-state index contributed by atoms with van der Waals surface area (Å²) >= 11 is 7.84. The summed E-state index contributed by atoms with van der Waals surface area (Å²) in [6, 6.07) is 4.51. The molecule has 2 rings (SSSR count). The predicted octanol–water partition coefficient (Wildman–Crippen LogP) is 3.13. The maximum Gasteiger partial charge on any atom is 0.150 e. The third kappa shape index (κ3) is 3.11. The fourth-order valence-electron chi connectivity index (χ4n) is 1.67. The first-order chi connectivity index (χ1) is 8.56. The SMILES string of the molecule is Cc1ccc(CC(C)Nc2ncnc(N)c2Cl)s1. The Bertz CT molecular complexity index is 541. The molecule has 18 heavy (non-hydrogen) atoms. The minimum atomic E-state index is 0.231. The second kappa shape index (κ2) is 5.54. The summed E-state index contributed by atoms with van der Waals surface area (Å²) in [6.07, 6.45) is 2.34. The first kappa shape index (κ1) is 13.1. The monoisotopic (exact) mass is 282 g/mol. The van der Waals surface area contributed by atoms with Crippen molar-refractivity contribution in [1.82, 2.24) is 9.97 Å². The van der Waals surface area contributed by atoms with Crippen LogP contribution in [0.15, 0.2) is 18.5 Å². The van der Waals surface area contributed by atoms with E-state index in [2.05, 4.69) is 41.3 Å². The zero-order valence-corrected chi connectivity index (χ0v) is 11.8. The summed E-state index contributed by atoms with van der Waals surface area (Å²) in [5.41, 5.74) is 5.63. The second-order valence-corrected chi connectivity index (χ2v) is 5.93. The van der Waals surface area contributed by atoms with E-state index in [1.165, 1.54) is 16.1 Å². The van der Waals surface area contributed by atoms with E-state index in [1.807, 2.05) is 0 Å². The fraction of sp³-hybridized carbons (Fsp3) is 0.333. The molecule has 0 aromatic carbocycles. The fourth-order valence-corrected chi connectivity index (χ4v) is 2.84. The molecule has 0 saturated carbocycles. The molecule has 0 aliphatic carbocycles. The maximum atomic E-state index is 6.03. The molecular formula is C12H15ClN4S. The van der Waals surface area contributed by atoms with Gasteiger partial charge in [0.1, 0.15) is 17.2 Å². The molecule has 0 aliphatic rings. The van der Waals surface area contributed by atoms with Gasteiger partial charge in [0.2, 0.25) is 0 Å². The molecule has 0 spiro atoms. The van der Waals surface area contributed by atoms with E-state index >= 15 is 0 Å². The summed E-state index contributed by atoms with van der Waals surface area (Å²) in [6.45, 7) is 4.19. The van der Waals surface area contributed by atoms with Gasteiger partial charge in [0, 0.05) is 22.2 Å². The van der Waals surface area contributed by atoms with E-state index in [4.69, 9.17) is 17.3 Å². The summed E-state index contributed by atoms with van der Waals surface area (Å²) in [5, 5.41) is 3.63. The summed E-state index contributed by atoms with van der Waals surface area (Å²) in [5.74, 6) is 0.887. The lowest BCUT2D eigenvalue weighted by Crippen LogP contribution is -2.19. The molecule has 0 aliphatic heterocycles. The lowest BCUT2D eigenvalue weighted by Gasteiger charge is -2.14. The number of anilines is 2. The second-order valence-electron chi connectivity index (χ2n) is 4.18. The van der Waals surface area contributed by atoms with E-state index in [0.717, 1.165) is 6.42 Å². The third-order valence-electron chi connectivity index (χ3n) is 2.50. The number of nitrogens with two attached hydrogens (primary N) is 1. The van der Waals surface area contributed by atoms with Crippen LogP contribution < -0.4 is 11.1 Å². The van der Waals surface area contributed by atoms with Crippen LogP contribution in [0.2, 0.25) is 5.02 Å². The van der Waals surface area contributed by atoms with Gasteiger partial charge >= 0.3 is 0 Å². The molecule has 1 unspecified atom stereocenters. The van der Waals surface area contributed by atoms with Crippen LogP contribution in [0.4, 0.5) is 11.6 Å². The molecule has 2 aromatic heterocycles. The highest BCUT2D eigenvalue weighted by Crippen LogP contribution is 2.25. The molecule has 96 valence electrons. The molecule has 6 heteroatoms. The van der Waals surface area contributed by atoms with Gasteiger partial charge in [0.05, 0.1) is 0 Å². The zero-order chi connectivity index (χ0) is 13.1. The molecular weight excluding hydrogens is 268 g/mol. The van der Waals surface area contributed by atoms with Gasteiger partial charge < -0.3 is 11.1 Å². The van der Waals surface area contributed by atoms with E-state index in [-0.39, 0.29) is 6.04 Å². The van der Waals surface area contributed by atoms with Crippen LogP contribution in [0.3, 0.4) is 0 Å². The van der Waals surface area contributed by atoms with Crippen molar-refractivity contribution in [3.63, 3.8) is 0 Å². The van der Waals surface area contributed by atoms with Gasteiger partial charge in [-0.15, -0.1) is 11.3 Å². The van der Waals surface area contributed by atoms with Gasteiger partial charge in [0.25, 0.3) is 0 Å². The molecule has 0 amide bonds. The van der Waals surface area contributed by atoms with Gasteiger partial charge in [-0.1, -0.05) is 11.6 Å². The van der Waals surface area contributed by atoms with Crippen LogP contribution in [0, 0.1) is 6.92 Å². The van der Waals surface area contributed by atoms with E-state index in [9.17, 15) is 0 Å². The molecule has 0 fully saturated rings. The van der Waals surface area contributed by atoms with Crippen molar-refractivity contribution in [3.8, 4) is 0 Å². The van der Waals surface area contributed by atoms with Gasteiger partial charge in [-0.3, -0.25) is 0 Å². The van der Waals surface area contributed by atoms with Gasteiger partial charge in [-0.2, -0.15) is 0 Å². The van der Waals surface area contributed by atoms with Crippen molar-refractivity contribution >= 4 is 34.6 Å². The number of nitrogens with zero attached hydrogens (tertiary/aromatic N) is 2. The average Bonchev–Trinajstić information content (AvgIpc) is 2.70. The van der Waals surface area contributed by atoms with Crippen molar-refractivity contribution in [2.75, 3.05) is 11.1 Å². The third-order valence-corrected chi connectivity index (χ3v) is 3.90. The van der Waals surface area contributed by atoms with Crippen LogP contribution >= 0.6 is 22.9 Å². The van der Waals surface area contributed by atoms with E-state index in [1.54, 1.807) is 11.3 Å². The highest BCUT2D eigenvalue weighted by molar-refractivity contribution is 7.11. The zero-order valence-electron chi connectivity index (χ0n) is 10.3. The van der Waals surface area contributed by atoms with Crippen molar-refractivity contribution < 1.29 is 0 Å². The summed E-state index contributed by atoms with van der Waals surface area (Å²) in [7, 11) is 0. The topological polar surface area (TPSA) is 63.8 Å². The number of nitrogen functional groups attached to an aromatic ring is 1. The number of halogens is 1. The largest absolute Gasteiger partial charge is 0.382 e. The highest BCUT2D eigenvalue weighted by atomic mass is 35.5. The summed E-state index contributed by atoms with van der Waals surface area (Å²) in [4.78, 5) is 10.6. The predicted molar refractivity (Wildman–Crippen MR) is 77.3 cm³/mol. The molecule has 3 N–H and O–H groups in total. The van der Waals surface area contributed by atoms with Gasteiger partial charge in [-0.25, -0.2) is 9.97 Å². The number of aryl methyl sites for hydroxylation is 1. The van der Waals surface area contributed by atoms with E-state index in [0.29, 0.717) is 16.7 Å². The van der Waals surface area contributed by atoms with Crippen LogP contribution in [-0.2, 0) is 6.42 Å². The normalized spacial score (nSPS) is 12.4. The van der Waals surface area contributed by atoms with Crippen LogP contribution in [0.1, 0.15) is 16.7 Å². The lowest BCUT2D eigenvalue weighted by atomic mass is 10.2. The lowest BCUT2D eigenvalue weighted by molar-refractivity contribution is 0.793. The number of hydrogen-bond donors (Lipinski definition) is 2. The Labute approximate surface area is 115 Å². The molecule has 0 saturated heterocycles. The van der Waals surface area contributed by atoms with Crippen LogP contribution in [0.25, 0.3) is 0 Å². The molecule has 1 atom stereocenters. The number of hydrogen-bond acceptors (Lipinski definition) is 5. The van der Waals surface area contributed by atoms with Crippen molar-refractivity contribution in [2.45, 2.75) is 26.3 Å². The molecule has 0 bridgehead atoms. The minimum Gasteiger partial charge on any atom is -0.382 e. The van der Waals surface area contributed by atoms with Crippen LogP contribution in [0.5, 0.6) is 0 Å². The summed E-state index contributed by atoms with van der Waals surface area (Å²) < 4.78 is 0. The maximum absolute atomic E-state index is 6.03. The smallest absolute Gasteiger partial charge is 0.150 e. The Kier molecular flexibility index (Phi) is 4.04. The Hall–Kier alpha value is -1.33. The standard InChI is InChI=1S/C12H15ClN4S/c1-7(5-9-4-3-8(2)18-9)17-12-10(13)11(14)15-6-16-12/h3-4,6-7H,5H2,1-2H3,(H3,14,15,16,17). The van der Waals surface area contributed by atoms with Crippen molar-refractivity contribution in [3.05, 3.63) is 33.2 Å². The average molecular weight is 283 g/mol. The Morgan fingerprint density at radius 2 is 2.22 bits per heavy atom. The Morgan fingerprint density at radius 3 is 2.89 bits per heavy atom. The number of nitrogens with one attached hydrogen (secondary N) is 1. The Morgan fingerprint density at radius 1 is 1.44 bits per heavy atom. The molecule has 2 aromatic rings. The quantitative estimate of drug-likeness (QED) is 0.904. The minimum absolute atomic E-state index is 0.231. The van der Waals surface area contributed by atoms with Gasteiger partial charge in [-0.05, 0) is 26.0 Å². The Balaban J connectivity index is 2.03. The number of aromatic nitrogens is 2. The van der Waals surface area contributed by atoms with Gasteiger partial charge in [0.15, 0.2) is 5.82 Å². The molecule has 0 radical (unpaired) electrons. The number of rotatable bonds is 4. The van der Waals surface area contributed by atoms with Crippen molar-refractivity contribution in [2.24, 2.45) is 0 Å². The molecule has 2 heterocycles. The number of thiophene rings is 1. The van der Waals surface area contributed by atoms with Crippen molar-refractivity contribution in [1.29, 1.82) is 0 Å².